The van der Waals surface area contributed by atoms with Gasteiger partial charge in [-0.3, -0.25) is 4.98 Å². The van der Waals surface area contributed by atoms with E-state index in [2.05, 4.69) is 11.9 Å². The Kier molecular flexibility index (Phi) is 3.88. The first-order valence-corrected chi connectivity index (χ1v) is 6.46. The molecule has 0 aliphatic carbocycles. The lowest BCUT2D eigenvalue weighted by Crippen LogP contribution is -2.04. The highest BCUT2D eigenvalue weighted by Crippen LogP contribution is 2.45. The summed E-state index contributed by atoms with van der Waals surface area (Å²) in [7, 11) is 4.74. The maximum absolute atomic E-state index is 6.31. The van der Waals surface area contributed by atoms with Crippen LogP contribution in [0.25, 0.3) is 10.9 Å². The van der Waals surface area contributed by atoms with Crippen molar-refractivity contribution >= 4 is 16.6 Å². The number of pyridine rings is 1. The summed E-state index contributed by atoms with van der Waals surface area (Å²) in [5.74, 6) is 1.66. The largest absolute Gasteiger partial charge is 0.493 e. The molecule has 2 N–H and O–H groups in total. The fourth-order valence-corrected chi connectivity index (χ4v) is 2.53. The molecule has 0 fully saturated rings. The Balaban J connectivity index is 2.96. The van der Waals surface area contributed by atoms with Crippen LogP contribution in [0.2, 0.25) is 0 Å². The van der Waals surface area contributed by atoms with Gasteiger partial charge in [-0.15, -0.1) is 0 Å². The molecule has 5 nitrogen and oxygen atoms in total. The van der Waals surface area contributed by atoms with Crippen LogP contribution in [-0.4, -0.2) is 26.3 Å². The van der Waals surface area contributed by atoms with Crippen LogP contribution in [0.5, 0.6) is 17.2 Å². The predicted molar refractivity (Wildman–Crippen MR) is 79.9 cm³/mol. The molecule has 1 aromatic carbocycles. The van der Waals surface area contributed by atoms with Gasteiger partial charge in [0.15, 0.2) is 11.5 Å². The zero-order valence-electron chi connectivity index (χ0n) is 12.5. The maximum Gasteiger partial charge on any atom is 0.204 e. The molecule has 0 amide bonds. The van der Waals surface area contributed by atoms with Gasteiger partial charge >= 0.3 is 0 Å². The molecule has 1 aromatic heterocycles. The summed E-state index contributed by atoms with van der Waals surface area (Å²) in [6.45, 7) is 4.01. The molecule has 1 heterocycles. The molecule has 108 valence electrons. The third-order valence-electron chi connectivity index (χ3n) is 3.48. The van der Waals surface area contributed by atoms with E-state index in [1.165, 1.54) is 0 Å². The van der Waals surface area contributed by atoms with Crippen molar-refractivity contribution in [2.75, 3.05) is 27.1 Å². The van der Waals surface area contributed by atoms with Crippen LogP contribution in [0.4, 0.5) is 5.69 Å². The number of nitrogens with two attached hydrogens (primary N) is 1. The van der Waals surface area contributed by atoms with Gasteiger partial charge in [0.05, 0.1) is 32.2 Å². The smallest absolute Gasteiger partial charge is 0.204 e. The second-order valence-electron chi connectivity index (χ2n) is 4.48. The van der Waals surface area contributed by atoms with E-state index in [1.807, 2.05) is 13.0 Å². The van der Waals surface area contributed by atoms with E-state index in [-0.39, 0.29) is 0 Å². The fourth-order valence-electron chi connectivity index (χ4n) is 2.53. The van der Waals surface area contributed by atoms with Crippen LogP contribution in [0, 0.1) is 6.92 Å². The molecule has 0 atom stereocenters. The Morgan fingerprint density at radius 1 is 1.10 bits per heavy atom. The first kappa shape index (κ1) is 14.2. The number of nitrogen functional groups attached to an aromatic ring is 1. The van der Waals surface area contributed by atoms with E-state index in [0.29, 0.717) is 22.9 Å². The van der Waals surface area contributed by atoms with Gasteiger partial charge in [-0.2, -0.15) is 0 Å². The normalized spacial score (nSPS) is 10.7. The Hall–Kier alpha value is -2.17. The minimum absolute atomic E-state index is 0.530. The van der Waals surface area contributed by atoms with E-state index in [4.69, 9.17) is 19.9 Å². The first-order valence-electron chi connectivity index (χ1n) is 6.46. The van der Waals surface area contributed by atoms with Crippen molar-refractivity contribution in [3.05, 3.63) is 17.3 Å². The SMILES string of the molecule is CCc1c(C)nc2cc(OC)c(OC)c(OC)c2c1N. The van der Waals surface area contributed by atoms with Gasteiger partial charge in [0, 0.05) is 17.4 Å². The van der Waals surface area contributed by atoms with Gasteiger partial charge in [0.25, 0.3) is 0 Å². The van der Waals surface area contributed by atoms with Gasteiger partial charge in [0.2, 0.25) is 5.75 Å². The quantitative estimate of drug-likeness (QED) is 0.930. The van der Waals surface area contributed by atoms with Gasteiger partial charge in [-0.25, -0.2) is 0 Å². The highest BCUT2D eigenvalue weighted by atomic mass is 16.5. The number of benzene rings is 1. The molecular weight excluding hydrogens is 256 g/mol. The second-order valence-corrected chi connectivity index (χ2v) is 4.48. The molecule has 0 bridgehead atoms. The topological polar surface area (TPSA) is 66.6 Å². The average Bonchev–Trinajstić information content (AvgIpc) is 2.45. The average molecular weight is 276 g/mol. The standard InChI is InChI=1S/C15H20N2O3/c1-6-9-8(2)17-10-7-11(18-3)14(19-4)15(20-5)12(10)13(9)16/h7H,6H2,1-5H3,(H2,16,17). The van der Waals surface area contributed by atoms with Crippen LogP contribution in [-0.2, 0) is 6.42 Å². The van der Waals surface area contributed by atoms with Crippen molar-refractivity contribution in [1.29, 1.82) is 0 Å². The monoisotopic (exact) mass is 276 g/mol. The summed E-state index contributed by atoms with van der Waals surface area (Å²) in [6.07, 6.45) is 0.818. The van der Waals surface area contributed by atoms with Crippen LogP contribution < -0.4 is 19.9 Å². The van der Waals surface area contributed by atoms with E-state index < -0.39 is 0 Å². The highest BCUT2D eigenvalue weighted by Gasteiger charge is 2.20. The summed E-state index contributed by atoms with van der Waals surface area (Å²) in [4.78, 5) is 4.60. The van der Waals surface area contributed by atoms with Gasteiger partial charge in [0.1, 0.15) is 0 Å². The molecule has 0 radical (unpaired) electrons. The predicted octanol–water partition coefficient (Wildman–Crippen LogP) is 2.71. The number of rotatable bonds is 4. The molecule has 2 rings (SSSR count). The summed E-state index contributed by atoms with van der Waals surface area (Å²) in [5.41, 5.74) is 9.69. The van der Waals surface area contributed by atoms with Crippen LogP contribution in [0.15, 0.2) is 6.07 Å². The van der Waals surface area contributed by atoms with Crippen molar-refractivity contribution in [2.24, 2.45) is 0 Å². The Morgan fingerprint density at radius 2 is 1.75 bits per heavy atom. The number of fused-ring (bicyclic) bond motifs is 1. The van der Waals surface area contributed by atoms with Crippen molar-refractivity contribution in [1.82, 2.24) is 4.98 Å². The number of aromatic nitrogens is 1. The number of hydrogen-bond donors (Lipinski definition) is 1. The van der Waals surface area contributed by atoms with E-state index >= 15 is 0 Å². The molecule has 0 aliphatic heterocycles. The second kappa shape index (κ2) is 5.45. The van der Waals surface area contributed by atoms with Crippen molar-refractivity contribution in [3.63, 3.8) is 0 Å². The Labute approximate surface area is 118 Å². The number of hydrogen-bond acceptors (Lipinski definition) is 5. The fraction of sp³-hybridized carbons (Fsp3) is 0.400. The number of nitrogens with zero attached hydrogens (tertiary/aromatic N) is 1. The molecule has 5 heteroatoms. The summed E-state index contributed by atoms with van der Waals surface area (Å²) < 4.78 is 16.2. The van der Waals surface area contributed by atoms with E-state index in [0.717, 1.165) is 28.6 Å². The van der Waals surface area contributed by atoms with Gasteiger partial charge in [-0.05, 0) is 18.9 Å². The molecule has 0 saturated heterocycles. The lowest BCUT2D eigenvalue weighted by molar-refractivity contribution is 0.327. The van der Waals surface area contributed by atoms with Crippen molar-refractivity contribution < 1.29 is 14.2 Å². The first-order chi connectivity index (χ1) is 9.58. The third kappa shape index (κ3) is 1.99. The van der Waals surface area contributed by atoms with Crippen LogP contribution in [0.1, 0.15) is 18.2 Å². The molecule has 0 spiro atoms. The van der Waals surface area contributed by atoms with E-state index in [9.17, 15) is 0 Å². The number of anilines is 1. The number of methoxy groups -OCH3 is 3. The van der Waals surface area contributed by atoms with Crippen molar-refractivity contribution in [3.8, 4) is 17.2 Å². The Bertz CT molecular complexity index is 654. The minimum atomic E-state index is 0.530. The third-order valence-corrected chi connectivity index (χ3v) is 3.48. The number of ether oxygens (including phenoxy) is 3. The number of aryl methyl sites for hydroxylation is 1. The molecule has 0 aliphatic rings. The molecule has 2 aromatic rings. The summed E-state index contributed by atoms with van der Waals surface area (Å²) in [6, 6.07) is 1.82. The molecule has 0 unspecified atom stereocenters. The van der Waals surface area contributed by atoms with Crippen LogP contribution in [0.3, 0.4) is 0 Å². The minimum Gasteiger partial charge on any atom is -0.493 e. The summed E-state index contributed by atoms with van der Waals surface area (Å²) >= 11 is 0. The highest BCUT2D eigenvalue weighted by molar-refractivity contribution is 6.00. The molecule has 20 heavy (non-hydrogen) atoms. The van der Waals surface area contributed by atoms with Crippen LogP contribution >= 0.6 is 0 Å². The zero-order chi connectivity index (χ0) is 14.9. The Morgan fingerprint density at radius 3 is 2.25 bits per heavy atom. The lowest BCUT2D eigenvalue weighted by Gasteiger charge is -2.17. The zero-order valence-corrected chi connectivity index (χ0v) is 12.5. The lowest BCUT2D eigenvalue weighted by atomic mass is 10.0. The summed E-state index contributed by atoms with van der Waals surface area (Å²) in [5, 5.41) is 0.771. The van der Waals surface area contributed by atoms with Crippen molar-refractivity contribution in [2.45, 2.75) is 20.3 Å². The van der Waals surface area contributed by atoms with E-state index in [1.54, 1.807) is 21.3 Å². The maximum atomic E-state index is 6.31. The van der Waals surface area contributed by atoms with Gasteiger partial charge < -0.3 is 19.9 Å². The van der Waals surface area contributed by atoms with Gasteiger partial charge in [-0.1, -0.05) is 6.92 Å². The molecule has 0 saturated carbocycles. The molecular formula is C15H20N2O3.